The number of ether oxygens (including phenoxy) is 3. The molecular weight excluding hydrogens is 402 g/mol. The summed E-state index contributed by atoms with van der Waals surface area (Å²) in [5.41, 5.74) is 0. The third-order valence-corrected chi connectivity index (χ3v) is 6.18. The number of carbonyl (C=O) groups is 2. The first-order valence-electron chi connectivity index (χ1n) is 9.26. The molecule has 10 nitrogen and oxygen atoms in total. The minimum atomic E-state index is -3.93. The molecule has 0 bridgehead atoms. The summed E-state index contributed by atoms with van der Waals surface area (Å²) in [5.74, 6) is -0.916. The lowest BCUT2D eigenvalue weighted by atomic mass is 10.3. The Morgan fingerprint density at radius 3 is 2.52 bits per heavy atom. The van der Waals surface area contributed by atoms with Crippen LogP contribution in [-0.2, 0) is 24.3 Å². The zero-order valence-electron chi connectivity index (χ0n) is 16.8. The number of hydrogen-bond donors (Lipinski definition) is 2. The summed E-state index contributed by atoms with van der Waals surface area (Å²) in [6, 6.07) is 4.29. The zero-order chi connectivity index (χ0) is 21.4. The lowest BCUT2D eigenvalue weighted by Gasteiger charge is -2.34. The maximum Gasteiger partial charge on any atom is 0.309 e. The Labute approximate surface area is 170 Å². The first-order chi connectivity index (χ1) is 13.8. The molecule has 1 aliphatic rings. The van der Waals surface area contributed by atoms with E-state index >= 15 is 0 Å². The summed E-state index contributed by atoms with van der Waals surface area (Å²) in [5, 5.41) is 4.89. The topological polar surface area (TPSA) is 123 Å². The number of nitrogens with zero attached hydrogens (tertiary/aromatic N) is 1. The van der Waals surface area contributed by atoms with Gasteiger partial charge < -0.3 is 24.8 Å². The summed E-state index contributed by atoms with van der Waals surface area (Å²) >= 11 is 0. The van der Waals surface area contributed by atoms with E-state index in [9.17, 15) is 18.0 Å². The van der Waals surface area contributed by atoms with Crippen LogP contribution in [0.3, 0.4) is 0 Å². The third-order valence-electron chi connectivity index (χ3n) is 4.29. The number of methoxy groups -OCH3 is 2. The first kappa shape index (κ1) is 22.9. The average Bonchev–Trinajstić information content (AvgIpc) is 2.75. The van der Waals surface area contributed by atoms with E-state index in [2.05, 4.69) is 10.6 Å². The first-order valence-corrected chi connectivity index (χ1v) is 10.7. The van der Waals surface area contributed by atoms with Crippen LogP contribution in [0, 0.1) is 0 Å². The van der Waals surface area contributed by atoms with Gasteiger partial charge in [-0.25, -0.2) is 8.42 Å². The van der Waals surface area contributed by atoms with E-state index in [0.717, 1.165) is 0 Å². The van der Waals surface area contributed by atoms with Crippen molar-refractivity contribution in [1.82, 2.24) is 14.9 Å². The van der Waals surface area contributed by atoms with Gasteiger partial charge in [0.15, 0.2) is 11.5 Å². The molecule has 0 spiro atoms. The van der Waals surface area contributed by atoms with Crippen LogP contribution in [-0.4, -0.2) is 71.2 Å². The smallest absolute Gasteiger partial charge is 0.309 e. The second-order valence-electron chi connectivity index (χ2n) is 6.28. The van der Waals surface area contributed by atoms with Crippen LogP contribution in [0.5, 0.6) is 11.5 Å². The Morgan fingerprint density at radius 2 is 1.86 bits per heavy atom. The van der Waals surface area contributed by atoms with Crippen molar-refractivity contribution < 1.29 is 32.2 Å². The van der Waals surface area contributed by atoms with E-state index in [1.807, 2.05) is 6.92 Å². The summed E-state index contributed by atoms with van der Waals surface area (Å²) < 4.78 is 43.3. The van der Waals surface area contributed by atoms with Crippen molar-refractivity contribution in [2.24, 2.45) is 0 Å². The van der Waals surface area contributed by atoms with E-state index in [1.165, 1.54) is 36.7 Å². The number of carbonyl (C=O) groups excluding carboxylic acids is 2. The summed E-state index contributed by atoms with van der Waals surface area (Å²) in [4.78, 5) is 23.6. The van der Waals surface area contributed by atoms with Gasteiger partial charge in [-0.15, -0.1) is 0 Å². The van der Waals surface area contributed by atoms with Gasteiger partial charge in [-0.2, -0.15) is 4.31 Å². The number of benzene rings is 1. The highest BCUT2D eigenvalue weighted by Gasteiger charge is 2.35. The lowest BCUT2D eigenvalue weighted by molar-refractivity contribution is -0.140. The molecular formula is C18H27N3O7S. The van der Waals surface area contributed by atoms with Crippen molar-refractivity contribution in [2.75, 3.05) is 40.5 Å². The molecule has 29 heavy (non-hydrogen) atoms. The molecule has 0 radical (unpaired) electrons. The Hall–Kier alpha value is -2.37. The van der Waals surface area contributed by atoms with Gasteiger partial charge in [0.2, 0.25) is 10.0 Å². The van der Waals surface area contributed by atoms with E-state index in [0.29, 0.717) is 31.7 Å². The molecule has 1 aliphatic heterocycles. The molecule has 1 fully saturated rings. The van der Waals surface area contributed by atoms with Gasteiger partial charge in [0.05, 0.1) is 32.3 Å². The number of rotatable bonds is 8. The van der Waals surface area contributed by atoms with E-state index < -0.39 is 28.1 Å². The molecule has 1 saturated heterocycles. The largest absolute Gasteiger partial charge is 0.493 e. The van der Waals surface area contributed by atoms with E-state index in [4.69, 9.17) is 14.2 Å². The second kappa shape index (κ2) is 10.4. The van der Waals surface area contributed by atoms with E-state index in [1.54, 1.807) is 0 Å². The van der Waals surface area contributed by atoms with Crippen LogP contribution < -0.4 is 20.1 Å². The maximum absolute atomic E-state index is 13.1. The quantitative estimate of drug-likeness (QED) is 0.561. The molecule has 2 N–H and O–H groups in total. The molecule has 1 atom stereocenters. The molecule has 0 saturated carbocycles. The minimum absolute atomic E-state index is 0.0117. The van der Waals surface area contributed by atoms with Gasteiger partial charge in [0.1, 0.15) is 6.23 Å². The fourth-order valence-electron chi connectivity index (χ4n) is 2.79. The van der Waals surface area contributed by atoms with Crippen molar-refractivity contribution in [3.05, 3.63) is 18.2 Å². The molecule has 0 aliphatic carbocycles. The second-order valence-corrected chi connectivity index (χ2v) is 8.17. The van der Waals surface area contributed by atoms with Crippen molar-refractivity contribution in [1.29, 1.82) is 0 Å². The number of amides is 2. The van der Waals surface area contributed by atoms with Gasteiger partial charge in [-0.3, -0.25) is 9.59 Å². The van der Waals surface area contributed by atoms with Crippen molar-refractivity contribution in [3.8, 4) is 11.5 Å². The highest BCUT2D eigenvalue weighted by Crippen LogP contribution is 2.31. The van der Waals surface area contributed by atoms with Crippen LogP contribution in [0.4, 0.5) is 0 Å². The van der Waals surface area contributed by atoms with Gasteiger partial charge in [-0.05, 0) is 25.0 Å². The van der Waals surface area contributed by atoms with Crippen LogP contribution in [0.15, 0.2) is 23.1 Å². The minimum Gasteiger partial charge on any atom is -0.493 e. The van der Waals surface area contributed by atoms with Gasteiger partial charge in [0, 0.05) is 19.2 Å². The fraction of sp³-hybridized carbons (Fsp3) is 0.556. The molecule has 2 rings (SSSR count). The Bertz CT molecular complexity index is 829. The van der Waals surface area contributed by atoms with E-state index in [-0.39, 0.29) is 23.7 Å². The average molecular weight is 429 g/mol. The standard InChI is InChI=1S/C18H27N3O7S/c1-4-8-19-17(22)18(23)20-12-16-21(9-5-10-28-16)29(24,25)13-6-7-14(26-2)15(11-13)27-3/h6-7,11,16H,4-5,8-10,12H2,1-3H3,(H,19,22)(H,20,23). The Morgan fingerprint density at radius 1 is 1.17 bits per heavy atom. The molecule has 11 heteroatoms. The van der Waals surface area contributed by atoms with Crippen LogP contribution in [0.25, 0.3) is 0 Å². The molecule has 1 unspecified atom stereocenters. The Balaban J connectivity index is 2.15. The van der Waals surface area contributed by atoms with Crippen molar-refractivity contribution in [3.63, 3.8) is 0 Å². The van der Waals surface area contributed by atoms with Crippen LogP contribution >= 0.6 is 0 Å². The van der Waals surface area contributed by atoms with Crippen LogP contribution in [0.2, 0.25) is 0 Å². The number of sulfonamides is 1. The molecule has 162 valence electrons. The summed E-state index contributed by atoms with van der Waals surface area (Å²) in [6.45, 7) is 2.67. The maximum atomic E-state index is 13.1. The lowest BCUT2D eigenvalue weighted by Crippen LogP contribution is -2.53. The van der Waals surface area contributed by atoms with Crippen molar-refractivity contribution >= 4 is 21.8 Å². The summed E-state index contributed by atoms with van der Waals surface area (Å²) in [7, 11) is -1.06. The molecule has 2 amide bonds. The zero-order valence-corrected chi connectivity index (χ0v) is 17.6. The number of nitrogens with one attached hydrogen (secondary N) is 2. The summed E-state index contributed by atoms with van der Waals surface area (Å²) in [6.07, 6.45) is 0.278. The molecule has 1 aromatic rings. The van der Waals surface area contributed by atoms with Crippen molar-refractivity contribution in [2.45, 2.75) is 30.9 Å². The SMILES string of the molecule is CCCNC(=O)C(=O)NCC1OCCCN1S(=O)(=O)c1ccc(OC)c(OC)c1. The fourth-order valence-corrected chi connectivity index (χ4v) is 4.38. The predicted molar refractivity (Wildman–Crippen MR) is 104 cm³/mol. The monoisotopic (exact) mass is 429 g/mol. The molecule has 1 heterocycles. The normalized spacial score (nSPS) is 17.4. The highest BCUT2D eigenvalue weighted by molar-refractivity contribution is 7.89. The predicted octanol–water partition coefficient (Wildman–Crippen LogP) is 0.0833. The highest BCUT2D eigenvalue weighted by atomic mass is 32.2. The van der Waals surface area contributed by atoms with Gasteiger partial charge >= 0.3 is 11.8 Å². The molecule has 0 aromatic heterocycles. The van der Waals surface area contributed by atoms with Gasteiger partial charge in [-0.1, -0.05) is 6.92 Å². The Kier molecular flexibility index (Phi) is 8.23. The molecule has 1 aromatic carbocycles. The third kappa shape index (κ3) is 5.58. The van der Waals surface area contributed by atoms with Gasteiger partial charge in [0.25, 0.3) is 0 Å². The number of hydrogen-bond acceptors (Lipinski definition) is 7. The van der Waals surface area contributed by atoms with Crippen LogP contribution in [0.1, 0.15) is 19.8 Å².